The number of nitrogens with one attached hydrogen (secondary N) is 2. The summed E-state index contributed by atoms with van der Waals surface area (Å²) in [6.45, 7) is 10.8. The molecule has 0 aliphatic carbocycles. The summed E-state index contributed by atoms with van der Waals surface area (Å²) < 4.78 is 5.77. The van der Waals surface area contributed by atoms with E-state index in [0.717, 1.165) is 36.4 Å². The van der Waals surface area contributed by atoms with E-state index in [0.29, 0.717) is 19.6 Å². The molecule has 2 N–H and O–H groups in total. The average molecular weight is 385 g/mol. The minimum Gasteiger partial charge on any atom is -0.376 e. The molecule has 1 aliphatic heterocycles. The fourth-order valence-corrected chi connectivity index (χ4v) is 3.37. The first-order chi connectivity index (χ1) is 13.3. The van der Waals surface area contributed by atoms with Gasteiger partial charge in [-0.2, -0.15) is 5.10 Å². The average Bonchev–Trinajstić information content (AvgIpc) is 3.32. The maximum Gasteiger partial charge on any atom is 0.318 e. The lowest BCUT2D eigenvalue weighted by Crippen LogP contribution is -2.43. The Balaban J connectivity index is 1.65. The van der Waals surface area contributed by atoms with Crippen molar-refractivity contribution in [2.24, 2.45) is 0 Å². The molecule has 1 aromatic carbocycles. The van der Waals surface area contributed by atoms with Crippen molar-refractivity contribution in [1.82, 2.24) is 20.4 Å². The molecule has 2 heterocycles. The molecular formula is C22H32N4O2. The zero-order chi connectivity index (χ0) is 20.1. The first kappa shape index (κ1) is 20.4. The first-order valence-corrected chi connectivity index (χ1v) is 10.1. The Bertz CT molecular complexity index is 788. The highest BCUT2D eigenvalue weighted by atomic mass is 16.5. The van der Waals surface area contributed by atoms with Gasteiger partial charge in [0, 0.05) is 25.1 Å². The first-order valence-electron chi connectivity index (χ1n) is 10.1. The summed E-state index contributed by atoms with van der Waals surface area (Å²) >= 11 is 0. The molecule has 0 bridgehead atoms. The van der Waals surface area contributed by atoms with Crippen LogP contribution in [0.25, 0.3) is 0 Å². The minimum absolute atomic E-state index is 0.0184. The molecule has 6 nitrogen and oxygen atoms in total. The van der Waals surface area contributed by atoms with Crippen LogP contribution in [0, 0.1) is 6.92 Å². The highest BCUT2D eigenvalue weighted by Gasteiger charge is 2.23. The number of rotatable bonds is 6. The number of urea groups is 1. The van der Waals surface area contributed by atoms with Crippen LogP contribution in [0.15, 0.2) is 30.3 Å². The van der Waals surface area contributed by atoms with Crippen molar-refractivity contribution < 1.29 is 9.53 Å². The number of ether oxygens (including phenoxy) is 1. The van der Waals surface area contributed by atoms with E-state index in [1.165, 1.54) is 5.56 Å². The Morgan fingerprint density at radius 2 is 2.14 bits per heavy atom. The molecule has 28 heavy (non-hydrogen) atoms. The van der Waals surface area contributed by atoms with Crippen LogP contribution >= 0.6 is 0 Å². The van der Waals surface area contributed by atoms with Gasteiger partial charge >= 0.3 is 6.03 Å². The number of hydrogen-bond acceptors (Lipinski definition) is 3. The summed E-state index contributed by atoms with van der Waals surface area (Å²) in [4.78, 5) is 14.8. The van der Waals surface area contributed by atoms with Gasteiger partial charge in [-0.15, -0.1) is 0 Å². The quantitative estimate of drug-likeness (QED) is 0.793. The molecule has 2 amide bonds. The van der Waals surface area contributed by atoms with E-state index < -0.39 is 0 Å². The van der Waals surface area contributed by atoms with Gasteiger partial charge in [0.05, 0.1) is 24.0 Å². The van der Waals surface area contributed by atoms with E-state index in [1.807, 2.05) is 23.1 Å². The number of carbonyl (C=O) groups excluding carboxylic acids is 1. The van der Waals surface area contributed by atoms with Crippen molar-refractivity contribution in [3.05, 3.63) is 52.8 Å². The van der Waals surface area contributed by atoms with Crippen LogP contribution in [0.3, 0.4) is 0 Å². The smallest absolute Gasteiger partial charge is 0.318 e. The van der Waals surface area contributed by atoms with Gasteiger partial charge in [-0.05, 0) is 37.0 Å². The number of aromatic amines is 1. The largest absolute Gasteiger partial charge is 0.376 e. The van der Waals surface area contributed by atoms with E-state index in [-0.39, 0.29) is 17.6 Å². The van der Waals surface area contributed by atoms with Crippen molar-refractivity contribution in [2.45, 2.75) is 65.1 Å². The molecule has 1 aliphatic rings. The molecule has 2 aromatic rings. The molecule has 152 valence electrons. The van der Waals surface area contributed by atoms with Crippen molar-refractivity contribution in [2.75, 3.05) is 13.2 Å². The Hall–Kier alpha value is -2.34. The number of aromatic nitrogens is 2. The molecule has 1 aromatic heterocycles. The highest BCUT2D eigenvalue weighted by molar-refractivity contribution is 5.74. The minimum atomic E-state index is -0.0781. The third kappa shape index (κ3) is 5.35. The number of amides is 2. The standard InChI is InChI=1S/C22H32N4O2/c1-16-8-5-6-9-17(16)14-26(15-19-10-7-11-28-19)21(27)23-13-18-12-20(25-24-18)22(2,3)4/h5-6,8-9,12,19H,7,10-11,13-15H2,1-4H3,(H,23,27)(H,24,25)/t19-/m1/s1. The van der Waals surface area contributed by atoms with E-state index in [4.69, 9.17) is 4.74 Å². The van der Waals surface area contributed by atoms with Gasteiger partial charge in [0.25, 0.3) is 0 Å². The van der Waals surface area contributed by atoms with Crippen LogP contribution in [0.4, 0.5) is 4.79 Å². The molecule has 0 unspecified atom stereocenters. The highest BCUT2D eigenvalue weighted by Crippen LogP contribution is 2.20. The number of nitrogens with zero attached hydrogens (tertiary/aromatic N) is 2. The van der Waals surface area contributed by atoms with Crippen LogP contribution < -0.4 is 5.32 Å². The molecule has 1 atom stereocenters. The lowest BCUT2D eigenvalue weighted by molar-refractivity contribution is 0.0793. The van der Waals surface area contributed by atoms with E-state index >= 15 is 0 Å². The lowest BCUT2D eigenvalue weighted by atomic mass is 9.92. The lowest BCUT2D eigenvalue weighted by Gasteiger charge is -2.26. The summed E-state index contributed by atoms with van der Waals surface area (Å²) in [6.07, 6.45) is 2.19. The molecule has 3 rings (SSSR count). The predicted octanol–water partition coefficient (Wildman–Crippen LogP) is 3.91. The van der Waals surface area contributed by atoms with Gasteiger partial charge in [-0.3, -0.25) is 5.10 Å². The zero-order valence-corrected chi connectivity index (χ0v) is 17.4. The molecule has 1 fully saturated rings. The van der Waals surface area contributed by atoms with Crippen LogP contribution in [0.1, 0.15) is 56.1 Å². The molecule has 0 saturated carbocycles. The van der Waals surface area contributed by atoms with Gasteiger partial charge in [0.1, 0.15) is 0 Å². The fraction of sp³-hybridized carbons (Fsp3) is 0.545. The molecule has 1 saturated heterocycles. The maximum atomic E-state index is 12.9. The number of benzene rings is 1. The van der Waals surface area contributed by atoms with Crippen molar-refractivity contribution in [3.63, 3.8) is 0 Å². The van der Waals surface area contributed by atoms with Gasteiger partial charge < -0.3 is 15.0 Å². The fourth-order valence-electron chi connectivity index (χ4n) is 3.37. The number of aryl methyl sites for hydroxylation is 1. The number of hydrogen-bond donors (Lipinski definition) is 2. The van der Waals surface area contributed by atoms with Gasteiger partial charge in [0.2, 0.25) is 0 Å². The second kappa shape index (κ2) is 8.78. The second-order valence-corrected chi connectivity index (χ2v) is 8.63. The predicted molar refractivity (Wildman–Crippen MR) is 110 cm³/mol. The third-order valence-electron chi connectivity index (χ3n) is 5.19. The molecular weight excluding hydrogens is 352 g/mol. The number of carbonyl (C=O) groups is 1. The van der Waals surface area contributed by atoms with Crippen LogP contribution in [0.2, 0.25) is 0 Å². The molecule has 0 radical (unpaired) electrons. The van der Waals surface area contributed by atoms with Crippen molar-refractivity contribution in [3.8, 4) is 0 Å². The van der Waals surface area contributed by atoms with E-state index in [9.17, 15) is 4.79 Å². The Labute approximate surface area is 167 Å². The second-order valence-electron chi connectivity index (χ2n) is 8.63. The Morgan fingerprint density at radius 1 is 1.36 bits per heavy atom. The summed E-state index contributed by atoms with van der Waals surface area (Å²) in [5.74, 6) is 0. The Kier molecular flexibility index (Phi) is 6.39. The monoisotopic (exact) mass is 384 g/mol. The van der Waals surface area contributed by atoms with Crippen LogP contribution in [-0.2, 0) is 23.2 Å². The number of H-pyrrole nitrogens is 1. The normalized spacial score (nSPS) is 16.9. The zero-order valence-electron chi connectivity index (χ0n) is 17.4. The molecule has 0 spiro atoms. The topological polar surface area (TPSA) is 70.2 Å². The van der Waals surface area contributed by atoms with Gasteiger partial charge in [-0.1, -0.05) is 45.0 Å². The molecule has 6 heteroatoms. The summed E-state index contributed by atoms with van der Waals surface area (Å²) in [5.41, 5.74) is 4.23. The SMILES string of the molecule is Cc1ccccc1CN(C[C@H]1CCCO1)C(=O)NCc1cc(C(C)(C)C)n[nH]1. The third-order valence-corrected chi connectivity index (χ3v) is 5.19. The van der Waals surface area contributed by atoms with Gasteiger partial charge in [-0.25, -0.2) is 4.79 Å². The van der Waals surface area contributed by atoms with Crippen molar-refractivity contribution in [1.29, 1.82) is 0 Å². The van der Waals surface area contributed by atoms with E-state index in [1.54, 1.807) is 0 Å². The maximum absolute atomic E-state index is 12.9. The van der Waals surface area contributed by atoms with E-state index in [2.05, 4.69) is 55.3 Å². The van der Waals surface area contributed by atoms with Crippen LogP contribution in [-0.4, -0.2) is 40.4 Å². The Morgan fingerprint density at radius 3 is 2.79 bits per heavy atom. The van der Waals surface area contributed by atoms with Crippen LogP contribution in [0.5, 0.6) is 0 Å². The summed E-state index contributed by atoms with van der Waals surface area (Å²) in [6, 6.07) is 10.1. The summed E-state index contributed by atoms with van der Waals surface area (Å²) in [5, 5.41) is 10.4. The summed E-state index contributed by atoms with van der Waals surface area (Å²) in [7, 11) is 0. The van der Waals surface area contributed by atoms with Gasteiger partial charge in [0.15, 0.2) is 0 Å². The van der Waals surface area contributed by atoms with Crippen molar-refractivity contribution >= 4 is 6.03 Å².